The van der Waals surface area contributed by atoms with Crippen molar-refractivity contribution >= 4 is 23.0 Å². The quantitative estimate of drug-likeness (QED) is 0.772. The zero-order valence-corrected chi connectivity index (χ0v) is 14.9. The van der Waals surface area contributed by atoms with Gasteiger partial charge in [-0.3, -0.25) is 9.59 Å². The molecule has 0 saturated carbocycles. The van der Waals surface area contributed by atoms with Crippen molar-refractivity contribution < 1.29 is 14.7 Å². The summed E-state index contributed by atoms with van der Waals surface area (Å²) < 4.78 is 0. The van der Waals surface area contributed by atoms with Crippen LogP contribution in [0.2, 0.25) is 0 Å². The highest BCUT2D eigenvalue weighted by Crippen LogP contribution is 2.40. The fourth-order valence-electron chi connectivity index (χ4n) is 3.14. The first-order chi connectivity index (χ1) is 11.0. The Hall–Kier alpha value is -1.62. The molecule has 0 spiro atoms. The summed E-state index contributed by atoms with van der Waals surface area (Å²) in [6.07, 6.45) is 4.30. The van der Waals surface area contributed by atoms with Gasteiger partial charge in [0.1, 0.15) is 0 Å². The minimum Gasteiger partial charge on any atom is -0.503 e. The predicted octanol–water partition coefficient (Wildman–Crippen LogP) is 4.25. The topological polar surface area (TPSA) is 57.6 Å². The SMILES string of the molecule is CCCC[C@H](CC)CN1C(=O)C(O)=C(C(C)=O)[C@@H]1c1cccs1. The number of amides is 1. The van der Waals surface area contributed by atoms with Gasteiger partial charge in [0.25, 0.3) is 5.91 Å². The Morgan fingerprint density at radius 2 is 2.17 bits per heavy atom. The van der Waals surface area contributed by atoms with Crippen LogP contribution in [0.15, 0.2) is 28.8 Å². The van der Waals surface area contributed by atoms with Crippen molar-refractivity contribution in [3.8, 4) is 0 Å². The number of thiophene rings is 1. The maximum Gasteiger partial charge on any atom is 0.290 e. The minimum atomic E-state index is -0.435. The summed E-state index contributed by atoms with van der Waals surface area (Å²) in [5.41, 5.74) is 0.239. The van der Waals surface area contributed by atoms with Gasteiger partial charge < -0.3 is 10.0 Å². The molecule has 2 heterocycles. The molecular weight excluding hydrogens is 310 g/mol. The molecule has 1 aromatic heterocycles. The molecule has 1 amide bonds. The van der Waals surface area contributed by atoms with Gasteiger partial charge in [-0.2, -0.15) is 0 Å². The lowest BCUT2D eigenvalue weighted by Crippen LogP contribution is -2.35. The minimum absolute atomic E-state index is 0.238. The molecule has 0 saturated heterocycles. The van der Waals surface area contributed by atoms with Crippen LogP contribution in [-0.4, -0.2) is 28.2 Å². The third kappa shape index (κ3) is 3.66. The molecule has 5 heteroatoms. The number of nitrogens with zero attached hydrogens (tertiary/aromatic N) is 1. The van der Waals surface area contributed by atoms with Gasteiger partial charge in [-0.05, 0) is 30.7 Å². The van der Waals surface area contributed by atoms with E-state index in [9.17, 15) is 14.7 Å². The van der Waals surface area contributed by atoms with Gasteiger partial charge in [-0.25, -0.2) is 0 Å². The third-order valence-corrected chi connectivity index (χ3v) is 5.42. The van der Waals surface area contributed by atoms with Crippen molar-refractivity contribution in [2.75, 3.05) is 6.54 Å². The van der Waals surface area contributed by atoms with Crippen molar-refractivity contribution in [1.29, 1.82) is 0 Å². The molecule has 0 fully saturated rings. The first-order valence-electron chi connectivity index (χ1n) is 8.29. The van der Waals surface area contributed by atoms with E-state index in [1.54, 1.807) is 4.90 Å². The number of carbonyl (C=O) groups is 2. The Bertz CT molecular complexity index is 591. The molecule has 126 valence electrons. The van der Waals surface area contributed by atoms with E-state index in [1.165, 1.54) is 18.3 Å². The van der Waals surface area contributed by atoms with E-state index < -0.39 is 11.9 Å². The Morgan fingerprint density at radius 1 is 1.43 bits per heavy atom. The molecule has 1 aliphatic heterocycles. The van der Waals surface area contributed by atoms with Gasteiger partial charge in [0.15, 0.2) is 11.5 Å². The lowest BCUT2D eigenvalue weighted by atomic mass is 9.97. The summed E-state index contributed by atoms with van der Waals surface area (Å²) in [6, 6.07) is 3.39. The van der Waals surface area contributed by atoms with Gasteiger partial charge >= 0.3 is 0 Å². The monoisotopic (exact) mass is 335 g/mol. The second-order valence-electron chi connectivity index (χ2n) is 6.11. The van der Waals surface area contributed by atoms with Crippen LogP contribution in [0.25, 0.3) is 0 Å². The molecule has 2 atom stereocenters. The van der Waals surface area contributed by atoms with Crippen molar-refractivity contribution in [3.63, 3.8) is 0 Å². The highest BCUT2D eigenvalue weighted by molar-refractivity contribution is 7.10. The standard InChI is InChI=1S/C18H25NO3S/c1-4-6-8-13(5-2)11-19-16(14-9-7-10-23-14)15(12(3)20)17(21)18(19)22/h7,9-10,13,16,21H,4-6,8,11H2,1-3H3/t13-,16-/m0/s1. The number of carbonyl (C=O) groups excluding carboxylic acids is 2. The van der Waals surface area contributed by atoms with Crippen LogP contribution in [0.3, 0.4) is 0 Å². The normalized spacial score (nSPS) is 19.5. The fourth-order valence-corrected chi connectivity index (χ4v) is 3.98. The lowest BCUT2D eigenvalue weighted by Gasteiger charge is -2.29. The van der Waals surface area contributed by atoms with Crippen molar-refractivity contribution in [2.24, 2.45) is 5.92 Å². The maximum atomic E-state index is 12.5. The number of Topliss-reactive ketones (excluding diaryl/α,β-unsaturated/α-hetero) is 1. The molecule has 2 rings (SSSR count). The second-order valence-corrected chi connectivity index (χ2v) is 7.09. The first-order valence-corrected chi connectivity index (χ1v) is 9.17. The van der Waals surface area contributed by atoms with E-state index in [1.807, 2.05) is 17.5 Å². The number of unbranched alkanes of at least 4 members (excludes halogenated alkanes) is 1. The maximum absolute atomic E-state index is 12.5. The molecule has 4 nitrogen and oxygen atoms in total. The van der Waals surface area contributed by atoms with Crippen LogP contribution in [0.5, 0.6) is 0 Å². The van der Waals surface area contributed by atoms with Crippen molar-refractivity contribution in [2.45, 2.75) is 52.5 Å². The van der Waals surface area contributed by atoms with E-state index in [0.29, 0.717) is 12.5 Å². The van der Waals surface area contributed by atoms with E-state index in [0.717, 1.165) is 30.6 Å². The summed E-state index contributed by atoms with van der Waals surface area (Å²) in [4.78, 5) is 27.1. The Morgan fingerprint density at radius 3 is 2.70 bits per heavy atom. The zero-order chi connectivity index (χ0) is 17.0. The zero-order valence-electron chi connectivity index (χ0n) is 14.0. The van der Waals surface area contributed by atoms with Gasteiger partial charge in [0, 0.05) is 11.4 Å². The van der Waals surface area contributed by atoms with Gasteiger partial charge in [0.05, 0.1) is 11.6 Å². The van der Waals surface area contributed by atoms with Gasteiger partial charge in [0.2, 0.25) is 0 Å². The smallest absolute Gasteiger partial charge is 0.290 e. The third-order valence-electron chi connectivity index (χ3n) is 4.49. The molecule has 1 aliphatic rings. The highest BCUT2D eigenvalue weighted by atomic mass is 32.1. The molecule has 0 radical (unpaired) electrons. The first kappa shape index (κ1) is 17.7. The molecule has 1 aromatic rings. The summed E-state index contributed by atoms with van der Waals surface area (Å²) in [5.74, 6) is -0.636. The van der Waals surface area contributed by atoms with Gasteiger partial charge in [-0.1, -0.05) is 39.2 Å². The average Bonchev–Trinajstić information content (AvgIpc) is 3.12. The summed E-state index contributed by atoms with van der Waals surface area (Å²) in [5, 5.41) is 12.1. The van der Waals surface area contributed by atoms with Crippen LogP contribution in [0.4, 0.5) is 0 Å². The Balaban J connectivity index is 2.30. The lowest BCUT2D eigenvalue weighted by molar-refractivity contribution is -0.130. The number of ketones is 1. The van der Waals surface area contributed by atoms with Crippen LogP contribution in [0.1, 0.15) is 57.4 Å². The van der Waals surface area contributed by atoms with E-state index >= 15 is 0 Å². The second kappa shape index (κ2) is 7.77. The Kier molecular flexibility index (Phi) is 5.99. The number of aliphatic hydroxyl groups is 1. The number of aliphatic hydroxyl groups excluding tert-OH is 1. The largest absolute Gasteiger partial charge is 0.503 e. The molecular formula is C18H25NO3S. The summed E-state index contributed by atoms with van der Waals surface area (Å²) in [7, 11) is 0. The molecule has 0 unspecified atom stereocenters. The van der Waals surface area contributed by atoms with Crippen molar-refractivity contribution in [1.82, 2.24) is 4.90 Å². The summed E-state index contributed by atoms with van der Waals surface area (Å²) >= 11 is 1.51. The Labute approximate surface area is 141 Å². The number of hydrogen-bond acceptors (Lipinski definition) is 4. The van der Waals surface area contributed by atoms with Crippen LogP contribution in [-0.2, 0) is 9.59 Å². The van der Waals surface area contributed by atoms with E-state index in [4.69, 9.17) is 0 Å². The van der Waals surface area contributed by atoms with Crippen LogP contribution in [0, 0.1) is 5.92 Å². The van der Waals surface area contributed by atoms with Crippen molar-refractivity contribution in [3.05, 3.63) is 33.7 Å². The average molecular weight is 335 g/mol. The summed E-state index contributed by atoms with van der Waals surface area (Å²) in [6.45, 7) is 6.28. The molecule has 0 aromatic carbocycles. The molecule has 23 heavy (non-hydrogen) atoms. The van der Waals surface area contributed by atoms with Crippen LogP contribution >= 0.6 is 11.3 Å². The predicted molar refractivity (Wildman–Crippen MR) is 92.4 cm³/mol. The number of hydrogen-bond donors (Lipinski definition) is 1. The highest BCUT2D eigenvalue weighted by Gasteiger charge is 2.43. The van der Waals surface area contributed by atoms with E-state index in [2.05, 4.69) is 13.8 Å². The van der Waals surface area contributed by atoms with E-state index in [-0.39, 0.29) is 17.1 Å². The fraction of sp³-hybridized carbons (Fsp3) is 0.556. The molecule has 0 aliphatic carbocycles. The number of rotatable bonds is 8. The van der Waals surface area contributed by atoms with Crippen LogP contribution < -0.4 is 0 Å². The molecule has 0 bridgehead atoms. The van der Waals surface area contributed by atoms with Gasteiger partial charge in [-0.15, -0.1) is 11.3 Å². The molecule has 1 N–H and O–H groups in total.